The SMILES string of the molecule is COc1ccc(Br)cc1CNCc1cccnc1OC. The first-order valence-corrected chi connectivity index (χ1v) is 7.05. The van der Waals surface area contributed by atoms with Gasteiger partial charge in [0, 0.05) is 34.9 Å². The first kappa shape index (κ1) is 14.8. The summed E-state index contributed by atoms with van der Waals surface area (Å²) in [6.45, 7) is 1.40. The molecule has 5 heteroatoms. The average Bonchev–Trinajstić information content (AvgIpc) is 2.48. The topological polar surface area (TPSA) is 43.4 Å². The van der Waals surface area contributed by atoms with Gasteiger partial charge in [-0.2, -0.15) is 0 Å². The van der Waals surface area contributed by atoms with Gasteiger partial charge in [0.2, 0.25) is 5.88 Å². The maximum atomic E-state index is 5.35. The van der Waals surface area contributed by atoms with Crippen LogP contribution in [0.2, 0.25) is 0 Å². The molecule has 0 amide bonds. The number of rotatable bonds is 6. The molecule has 0 atom stereocenters. The Kier molecular flexibility index (Phi) is 5.38. The molecule has 0 fully saturated rings. The van der Waals surface area contributed by atoms with Gasteiger partial charge in [-0.1, -0.05) is 22.0 Å². The Hall–Kier alpha value is -1.59. The molecule has 1 aromatic heterocycles. The number of hydrogen-bond donors (Lipinski definition) is 1. The molecular weight excluding hydrogens is 320 g/mol. The predicted molar refractivity (Wildman–Crippen MR) is 82.0 cm³/mol. The Morgan fingerprint density at radius 3 is 2.65 bits per heavy atom. The van der Waals surface area contributed by atoms with Crippen LogP contribution in [0.3, 0.4) is 0 Å². The van der Waals surface area contributed by atoms with Crippen molar-refractivity contribution in [3.63, 3.8) is 0 Å². The molecule has 2 aromatic rings. The van der Waals surface area contributed by atoms with Crippen LogP contribution in [0.25, 0.3) is 0 Å². The van der Waals surface area contributed by atoms with E-state index in [9.17, 15) is 0 Å². The lowest BCUT2D eigenvalue weighted by atomic mass is 10.2. The summed E-state index contributed by atoms with van der Waals surface area (Å²) in [4.78, 5) is 4.18. The molecule has 0 spiro atoms. The summed E-state index contributed by atoms with van der Waals surface area (Å²) in [6, 6.07) is 9.86. The van der Waals surface area contributed by atoms with Crippen LogP contribution in [0.5, 0.6) is 11.6 Å². The number of nitrogens with one attached hydrogen (secondary N) is 1. The zero-order valence-corrected chi connectivity index (χ0v) is 13.1. The van der Waals surface area contributed by atoms with Crippen molar-refractivity contribution < 1.29 is 9.47 Å². The van der Waals surface area contributed by atoms with Crippen molar-refractivity contribution in [2.75, 3.05) is 14.2 Å². The van der Waals surface area contributed by atoms with E-state index in [4.69, 9.17) is 9.47 Å². The van der Waals surface area contributed by atoms with Crippen molar-refractivity contribution in [2.45, 2.75) is 13.1 Å². The summed E-state index contributed by atoms with van der Waals surface area (Å²) in [7, 11) is 3.31. The van der Waals surface area contributed by atoms with Crippen LogP contribution in [0, 0.1) is 0 Å². The zero-order chi connectivity index (χ0) is 14.4. The number of benzene rings is 1. The van der Waals surface area contributed by atoms with Gasteiger partial charge >= 0.3 is 0 Å². The van der Waals surface area contributed by atoms with Crippen molar-refractivity contribution >= 4 is 15.9 Å². The Balaban J connectivity index is 2.01. The van der Waals surface area contributed by atoms with E-state index in [1.807, 2.05) is 30.3 Å². The van der Waals surface area contributed by atoms with Crippen LogP contribution in [-0.2, 0) is 13.1 Å². The minimum atomic E-state index is 0.654. The second-order valence-electron chi connectivity index (χ2n) is 4.23. The van der Waals surface area contributed by atoms with E-state index in [0.717, 1.165) is 21.3 Å². The highest BCUT2D eigenvalue weighted by molar-refractivity contribution is 9.10. The number of pyridine rings is 1. The van der Waals surface area contributed by atoms with Crippen molar-refractivity contribution in [1.29, 1.82) is 0 Å². The lowest BCUT2D eigenvalue weighted by molar-refractivity contribution is 0.389. The molecule has 0 aliphatic heterocycles. The van der Waals surface area contributed by atoms with Gasteiger partial charge in [0.15, 0.2) is 0 Å². The minimum absolute atomic E-state index is 0.654. The molecular formula is C15H17BrN2O2. The van der Waals surface area contributed by atoms with Gasteiger partial charge in [0.05, 0.1) is 14.2 Å². The molecule has 0 radical (unpaired) electrons. The molecule has 1 heterocycles. The Labute approximate surface area is 127 Å². The molecule has 20 heavy (non-hydrogen) atoms. The zero-order valence-electron chi connectivity index (χ0n) is 11.5. The quantitative estimate of drug-likeness (QED) is 0.879. The van der Waals surface area contributed by atoms with Crippen molar-refractivity contribution in [1.82, 2.24) is 10.3 Å². The fraction of sp³-hybridized carbons (Fsp3) is 0.267. The summed E-state index contributed by atoms with van der Waals surface area (Å²) >= 11 is 3.47. The second-order valence-corrected chi connectivity index (χ2v) is 5.15. The average molecular weight is 337 g/mol. The summed E-state index contributed by atoms with van der Waals surface area (Å²) < 4.78 is 11.6. The number of halogens is 1. The molecule has 0 bridgehead atoms. The van der Waals surface area contributed by atoms with E-state index in [2.05, 4.69) is 26.2 Å². The molecule has 4 nitrogen and oxygen atoms in total. The predicted octanol–water partition coefficient (Wildman–Crippen LogP) is 3.15. The first-order valence-electron chi connectivity index (χ1n) is 6.25. The minimum Gasteiger partial charge on any atom is -0.496 e. The van der Waals surface area contributed by atoms with Crippen molar-refractivity contribution in [2.24, 2.45) is 0 Å². The van der Waals surface area contributed by atoms with E-state index in [0.29, 0.717) is 19.0 Å². The van der Waals surface area contributed by atoms with E-state index >= 15 is 0 Å². The summed E-state index contributed by atoms with van der Waals surface area (Å²) in [5, 5.41) is 3.37. The molecule has 0 aliphatic carbocycles. The molecule has 1 N–H and O–H groups in total. The van der Waals surface area contributed by atoms with Gasteiger partial charge in [0.25, 0.3) is 0 Å². The number of ether oxygens (including phenoxy) is 2. The number of aromatic nitrogens is 1. The van der Waals surface area contributed by atoms with Crippen LogP contribution < -0.4 is 14.8 Å². The molecule has 0 saturated carbocycles. The normalized spacial score (nSPS) is 10.3. The highest BCUT2D eigenvalue weighted by Gasteiger charge is 2.05. The number of nitrogens with zero attached hydrogens (tertiary/aromatic N) is 1. The van der Waals surface area contributed by atoms with E-state index in [1.165, 1.54) is 0 Å². The molecule has 2 rings (SSSR count). The van der Waals surface area contributed by atoms with Crippen LogP contribution >= 0.6 is 15.9 Å². The fourth-order valence-electron chi connectivity index (χ4n) is 1.96. The van der Waals surface area contributed by atoms with Gasteiger partial charge in [0.1, 0.15) is 5.75 Å². The molecule has 0 unspecified atom stereocenters. The van der Waals surface area contributed by atoms with Gasteiger partial charge in [-0.25, -0.2) is 4.98 Å². The van der Waals surface area contributed by atoms with E-state index in [-0.39, 0.29) is 0 Å². The van der Waals surface area contributed by atoms with E-state index in [1.54, 1.807) is 20.4 Å². The third-order valence-electron chi connectivity index (χ3n) is 2.92. The highest BCUT2D eigenvalue weighted by Crippen LogP contribution is 2.23. The van der Waals surface area contributed by atoms with Gasteiger partial charge in [-0.15, -0.1) is 0 Å². The third kappa shape index (κ3) is 3.71. The van der Waals surface area contributed by atoms with Crippen LogP contribution in [0.1, 0.15) is 11.1 Å². The summed E-state index contributed by atoms with van der Waals surface area (Å²) in [6.07, 6.45) is 1.72. The lowest BCUT2D eigenvalue weighted by Crippen LogP contribution is -2.14. The standard InChI is InChI=1S/C15H17BrN2O2/c1-19-14-6-5-13(16)8-12(14)10-17-9-11-4-3-7-18-15(11)20-2/h3-8,17H,9-10H2,1-2H3. The molecule has 1 aromatic carbocycles. The van der Waals surface area contributed by atoms with Crippen LogP contribution in [-0.4, -0.2) is 19.2 Å². The van der Waals surface area contributed by atoms with E-state index < -0.39 is 0 Å². The Morgan fingerprint density at radius 2 is 1.90 bits per heavy atom. The second kappa shape index (κ2) is 7.26. The fourth-order valence-corrected chi connectivity index (χ4v) is 2.37. The van der Waals surface area contributed by atoms with Crippen molar-refractivity contribution in [3.05, 3.63) is 52.1 Å². The lowest BCUT2D eigenvalue weighted by Gasteiger charge is -2.11. The molecule has 106 valence electrons. The monoisotopic (exact) mass is 336 g/mol. The van der Waals surface area contributed by atoms with Gasteiger partial charge < -0.3 is 14.8 Å². The summed E-state index contributed by atoms with van der Waals surface area (Å²) in [5.41, 5.74) is 2.13. The summed E-state index contributed by atoms with van der Waals surface area (Å²) in [5.74, 6) is 1.53. The van der Waals surface area contributed by atoms with Crippen LogP contribution in [0.4, 0.5) is 0 Å². The highest BCUT2D eigenvalue weighted by atomic mass is 79.9. The Morgan fingerprint density at radius 1 is 1.10 bits per heavy atom. The molecule has 0 aliphatic rings. The van der Waals surface area contributed by atoms with Crippen molar-refractivity contribution in [3.8, 4) is 11.6 Å². The maximum absolute atomic E-state index is 5.35. The molecule has 0 saturated heterocycles. The number of methoxy groups -OCH3 is 2. The third-order valence-corrected chi connectivity index (χ3v) is 3.41. The maximum Gasteiger partial charge on any atom is 0.217 e. The smallest absolute Gasteiger partial charge is 0.217 e. The largest absolute Gasteiger partial charge is 0.496 e. The first-order chi connectivity index (χ1) is 9.74. The van der Waals surface area contributed by atoms with Gasteiger partial charge in [-0.3, -0.25) is 0 Å². The number of hydrogen-bond acceptors (Lipinski definition) is 4. The Bertz CT molecular complexity index is 576. The van der Waals surface area contributed by atoms with Gasteiger partial charge in [-0.05, 0) is 24.3 Å². The van der Waals surface area contributed by atoms with Crippen LogP contribution in [0.15, 0.2) is 41.0 Å².